The quantitative estimate of drug-likeness (QED) is 0.681. The fraction of sp³-hybridized carbons (Fsp3) is 0.556. The summed E-state index contributed by atoms with van der Waals surface area (Å²) in [6.07, 6.45) is 14.1. The van der Waals surface area contributed by atoms with E-state index >= 15 is 0 Å². The molecule has 2 fully saturated rings. The lowest BCUT2D eigenvalue weighted by Gasteiger charge is -2.42. The number of nitrogens with zero attached hydrogens (tertiary/aromatic N) is 3. The smallest absolute Gasteiger partial charge is 0.228 e. The van der Waals surface area contributed by atoms with Crippen molar-refractivity contribution in [1.29, 1.82) is 0 Å². The molecule has 1 aliphatic heterocycles. The Labute approximate surface area is 197 Å². The van der Waals surface area contributed by atoms with Crippen LogP contribution in [-0.4, -0.2) is 46.3 Å². The largest absolute Gasteiger partial charge is 0.356 e. The molecule has 1 atom stereocenters. The summed E-state index contributed by atoms with van der Waals surface area (Å²) in [6, 6.07) is 8.18. The van der Waals surface area contributed by atoms with Crippen LogP contribution < -0.4 is 5.32 Å². The minimum atomic E-state index is -0.623. The standard InChI is InChI=1S/C27H36N4O2/c1-2-30-26(33)27(16-22-11-6-7-12-24(22)23-17-28-20-29-18-23)13-8-14-31(19-27)25(32)15-21-9-4-3-5-10-21/h6-7,11-12,17-18,20-21H,2-5,8-10,13-16,19H2,1H3,(H,30,33)/t27-/m0/s1. The van der Waals surface area contributed by atoms with Gasteiger partial charge in [0.05, 0.1) is 5.41 Å². The molecule has 0 bridgehead atoms. The summed E-state index contributed by atoms with van der Waals surface area (Å²) < 4.78 is 0. The molecule has 33 heavy (non-hydrogen) atoms. The number of benzene rings is 1. The number of likely N-dealkylation sites (tertiary alicyclic amines) is 1. The Kier molecular flexibility index (Phi) is 7.73. The maximum atomic E-state index is 13.5. The van der Waals surface area contributed by atoms with Gasteiger partial charge in [0.15, 0.2) is 0 Å². The first-order valence-corrected chi connectivity index (χ1v) is 12.5. The normalized spacial score (nSPS) is 21.5. The number of nitrogens with one attached hydrogen (secondary N) is 1. The molecule has 2 amide bonds. The molecule has 1 saturated heterocycles. The maximum absolute atomic E-state index is 13.5. The zero-order valence-corrected chi connectivity index (χ0v) is 19.8. The van der Waals surface area contributed by atoms with Crippen molar-refractivity contribution in [3.63, 3.8) is 0 Å². The average molecular weight is 449 g/mol. The van der Waals surface area contributed by atoms with Crippen LogP contribution in [0.3, 0.4) is 0 Å². The van der Waals surface area contributed by atoms with Crippen molar-refractivity contribution in [2.75, 3.05) is 19.6 Å². The van der Waals surface area contributed by atoms with Gasteiger partial charge < -0.3 is 10.2 Å². The van der Waals surface area contributed by atoms with Crippen LogP contribution in [0.1, 0.15) is 63.9 Å². The van der Waals surface area contributed by atoms with Gasteiger partial charge in [-0.3, -0.25) is 9.59 Å². The minimum absolute atomic E-state index is 0.0549. The van der Waals surface area contributed by atoms with Gasteiger partial charge in [0, 0.05) is 44.0 Å². The molecule has 1 aromatic carbocycles. The first-order valence-electron chi connectivity index (χ1n) is 12.5. The van der Waals surface area contributed by atoms with Gasteiger partial charge in [-0.15, -0.1) is 0 Å². The highest BCUT2D eigenvalue weighted by molar-refractivity contribution is 5.85. The minimum Gasteiger partial charge on any atom is -0.356 e. The van der Waals surface area contributed by atoms with E-state index in [9.17, 15) is 9.59 Å². The summed E-state index contributed by atoms with van der Waals surface area (Å²) in [5, 5.41) is 3.07. The average Bonchev–Trinajstić information content (AvgIpc) is 2.86. The molecule has 0 radical (unpaired) electrons. The summed E-state index contributed by atoms with van der Waals surface area (Å²) >= 11 is 0. The number of hydrogen-bond acceptors (Lipinski definition) is 4. The predicted octanol–water partition coefficient (Wildman–Crippen LogP) is 4.40. The Hall–Kier alpha value is -2.76. The van der Waals surface area contributed by atoms with E-state index in [1.165, 1.54) is 25.6 Å². The van der Waals surface area contributed by atoms with Gasteiger partial charge in [0.1, 0.15) is 6.33 Å². The molecule has 0 spiro atoms. The van der Waals surface area contributed by atoms with Crippen molar-refractivity contribution in [1.82, 2.24) is 20.2 Å². The first-order chi connectivity index (χ1) is 16.1. The van der Waals surface area contributed by atoms with Crippen molar-refractivity contribution in [3.8, 4) is 11.1 Å². The molecule has 0 unspecified atom stereocenters. The van der Waals surface area contributed by atoms with Crippen LogP contribution >= 0.6 is 0 Å². The van der Waals surface area contributed by atoms with Crippen LogP contribution in [0.15, 0.2) is 43.0 Å². The third kappa shape index (κ3) is 5.60. The van der Waals surface area contributed by atoms with Gasteiger partial charge in [-0.05, 0) is 56.1 Å². The fourth-order valence-corrected chi connectivity index (χ4v) is 5.63. The van der Waals surface area contributed by atoms with Crippen LogP contribution in [0, 0.1) is 11.3 Å². The van der Waals surface area contributed by atoms with E-state index in [0.29, 0.717) is 31.8 Å². The molecule has 1 aliphatic carbocycles. The van der Waals surface area contributed by atoms with Gasteiger partial charge in [0.25, 0.3) is 0 Å². The molecule has 1 N–H and O–H groups in total. The Bertz CT molecular complexity index is 942. The Balaban J connectivity index is 1.58. The van der Waals surface area contributed by atoms with E-state index in [1.54, 1.807) is 0 Å². The van der Waals surface area contributed by atoms with Crippen molar-refractivity contribution in [3.05, 3.63) is 48.5 Å². The van der Waals surface area contributed by atoms with Crippen LogP contribution in [0.4, 0.5) is 0 Å². The number of amides is 2. The third-order valence-corrected chi connectivity index (χ3v) is 7.35. The first kappa shape index (κ1) is 23.4. The summed E-state index contributed by atoms with van der Waals surface area (Å²) in [5.74, 6) is 0.783. The van der Waals surface area contributed by atoms with E-state index < -0.39 is 5.41 Å². The zero-order chi connectivity index (χ0) is 23.1. The fourth-order valence-electron chi connectivity index (χ4n) is 5.63. The van der Waals surface area contributed by atoms with Crippen LogP contribution in [0.2, 0.25) is 0 Å². The third-order valence-electron chi connectivity index (χ3n) is 7.35. The number of aromatic nitrogens is 2. The Morgan fingerprint density at radius 3 is 2.61 bits per heavy atom. The molecule has 2 aromatic rings. The van der Waals surface area contributed by atoms with E-state index in [0.717, 1.165) is 48.9 Å². The molecule has 176 valence electrons. The number of rotatable bonds is 7. The van der Waals surface area contributed by atoms with E-state index in [-0.39, 0.29) is 11.8 Å². The van der Waals surface area contributed by atoms with Gasteiger partial charge in [0.2, 0.25) is 11.8 Å². The predicted molar refractivity (Wildman–Crippen MR) is 129 cm³/mol. The zero-order valence-electron chi connectivity index (χ0n) is 19.8. The molecule has 2 heterocycles. The summed E-state index contributed by atoms with van der Waals surface area (Å²) in [5.41, 5.74) is 2.47. The van der Waals surface area contributed by atoms with Crippen molar-refractivity contribution in [2.45, 2.75) is 64.7 Å². The maximum Gasteiger partial charge on any atom is 0.228 e. The van der Waals surface area contributed by atoms with Crippen LogP contribution in [-0.2, 0) is 16.0 Å². The second kappa shape index (κ2) is 10.9. The summed E-state index contributed by atoms with van der Waals surface area (Å²) in [7, 11) is 0. The molecule has 6 heteroatoms. The number of piperidine rings is 1. The van der Waals surface area contributed by atoms with Gasteiger partial charge in [-0.1, -0.05) is 43.5 Å². The van der Waals surface area contributed by atoms with Gasteiger partial charge >= 0.3 is 0 Å². The highest BCUT2D eigenvalue weighted by atomic mass is 16.2. The van der Waals surface area contributed by atoms with Crippen molar-refractivity contribution >= 4 is 11.8 Å². The second-order valence-corrected chi connectivity index (χ2v) is 9.73. The van der Waals surface area contributed by atoms with E-state index in [2.05, 4.69) is 27.4 Å². The van der Waals surface area contributed by atoms with Gasteiger partial charge in [-0.25, -0.2) is 9.97 Å². The SMILES string of the molecule is CCNC(=O)[C@]1(Cc2ccccc2-c2cncnc2)CCCN(C(=O)CC2CCCCC2)C1. The highest BCUT2D eigenvalue weighted by Crippen LogP contribution is 2.38. The lowest BCUT2D eigenvalue weighted by atomic mass is 9.73. The van der Waals surface area contributed by atoms with E-state index in [1.807, 2.05) is 36.4 Å². The van der Waals surface area contributed by atoms with Crippen LogP contribution in [0.25, 0.3) is 11.1 Å². The molecule has 2 aliphatic rings. The van der Waals surface area contributed by atoms with E-state index in [4.69, 9.17) is 0 Å². The second-order valence-electron chi connectivity index (χ2n) is 9.73. The Morgan fingerprint density at radius 1 is 1.09 bits per heavy atom. The molecular weight excluding hydrogens is 412 g/mol. The lowest BCUT2D eigenvalue weighted by molar-refractivity contribution is -0.142. The molecule has 1 aromatic heterocycles. The molecule has 1 saturated carbocycles. The monoisotopic (exact) mass is 448 g/mol. The molecular formula is C27H36N4O2. The van der Waals surface area contributed by atoms with Gasteiger partial charge in [-0.2, -0.15) is 0 Å². The summed E-state index contributed by atoms with van der Waals surface area (Å²) in [6.45, 7) is 3.78. The molecule has 6 nitrogen and oxygen atoms in total. The Morgan fingerprint density at radius 2 is 1.85 bits per heavy atom. The number of hydrogen-bond donors (Lipinski definition) is 1. The highest BCUT2D eigenvalue weighted by Gasteiger charge is 2.43. The van der Waals surface area contributed by atoms with Crippen molar-refractivity contribution < 1.29 is 9.59 Å². The number of carbonyl (C=O) groups is 2. The van der Waals surface area contributed by atoms with Crippen molar-refractivity contribution in [2.24, 2.45) is 11.3 Å². The lowest BCUT2D eigenvalue weighted by Crippen LogP contribution is -2.54. The molecule has 4 rings (SSSR count). The summed E-state index contributed by atoms with van der Waals surface area (Å²) in [4.78, 5) is 37.0. The number of carbonyl (C=O) groups excluding carboxylic acids is 2. The van der Waals surface area contributed by atoms with Crippen LogP contribution in [0.5, 0.6) is 0 Å². The topological polar surface area (TPSA) is 75.2 Å².